The molecule has 4 rings (SSSR count). The van der Waals surface area contributed by atoms with Gasteiger partial charge in [-0.3, -0.25) is 4.79 Å². The van der Waals surface area contributed by atoms with Gasteiger partial charge in [0, 0.05) is 23.6 Å². The van der Waals surface area contributed by atoms with E-state index in [1.54, 1.807) is 0 Å². The molecule has 3 aromatic rings. The normalized spacial score (nSPS) is 18.2. The van der Waals surface area contributed by atoms with Gasteiger partial charge in [0.05, 0.1) is 22.3 Å². The second kappa shape index (κ2) is 12.2. The van der Waals surface area contributed by atoms with Gasteiger partial charge >= 0.3 is 5.97 Å². The van der Waals surface area contributed by atoms with Crippen molar-refractivity contribution >= 4 is 23.4 Å². The number of Topliss-reactive ketones (excluding diaryl/α,β-unsaturated/α-hetero) is 1. The predicted octanol–water partition coefficient (Wildman–Crippen LogP) is 6.25. The molecule has 2 N–H and O–H groups in total. The molecule has 0 bridgehead atoms. The molecule has 1 saturated carbocycles. The lowest BCUT2D eigenvalue weighted by atomic mass is 9.78. The summed E-state index contributed by atoms with van der Waals surface area (Å²) in [4.78, 5) is 24.7. The lowest BCUT2D eigenvalue weighted by Gasteiger charge is -2.28. The Morgan fingerprint density at radius 3 is 2.28 bits per heavy atom. The van der Waals surface area contributed by atoms with Gasteiger partial charge in [-0.05, 0) is 67.9 Å². The summed E-state index contributed by atoms with van der Waals surface area (Å²) in [6.07, 6.45) is 0.392. The van der Waals surface area contributed by atoms with E-state index < -0.39 is 41.4 Å². The topological polar surface area (TPSA) is 102 Å². The van der Waals surface area contributed by atoms with Crippen LogP contribution in [0, 0.1) is 16.9 Å². The van der Waals surface area contributed by atoms with Crippen molar-refractivity contribution in [3.63, 3.8) is 0 Å². The van der Waals surface area contributed by atoms with Crippen LogP contribution in [0.3, 0.4) is 0 Å². The van der Waals surface area contributed by atoms with E-state index >= 15 is 0 Å². The predicted molar refractivity (Wildman–Crippen MR) is 138 cm³/mol. The van der Waals surface area contributed by atoms with E-state index in [9.17, 15) is 33.1 Å². The molecule has 0 aliphatic heterocycles. The first-order chi connectivity index (χ1) is 18.5. The molecule has 0 radical (unpaired) electrons. The number of benzene rings is 2. The maximum Gasteiger partial charge on any atom is 0.335 e. The van der Waals surface area contributed by atoms with Gasteiger partial charge < -0.3 is 15.4 Å². The van der Waals surface area contributed by atoms with Crippen molar-refractivity contribution in [2.24, 2.45) is 5.92 Å². The molecule has 206 valence electrons. The molecule has 1 unspecified atom stereocenters. The number of aliphatic hydroxyl groups is 1. The molecule has 1 aliphatic carbocycles. The van der Waals surface area contributed by atoms with Crippen molar-refractivity contribution in [2.45, 2.75) is 57.0 Å². The van der Waals surface area contributed by atoms with Crippen molar-refractivity contribution in [3.8, 4) is 11.1 Å². The lowest BCUT2D eigenvalue weighted by Crippen LogP contribution is -2.37. The van der Waals surface area contributed by atoms with Gasteiger partial charge in [0.25, 0.3) is 6.43 Å². The van der Waals surface area contributed by atoms with E-state index in [2.05, 4.69) is 0 Å². The van der Waals surface area contributed by atoms with E-state index in [0.717, 1.165) is 18.3 Å². The van der Waals surface area contributed by atoms with Crippen LogP contribution in [0.25, 0.3) is 11.1 Å². The molecule has 2 aromatic carbocycles. The maximum absolute atomic E-state index is 14.8. The van der Waals surface area contributed by atoms with Crippen molar-refractivity contribution in [2.75, 3.05) is 0 Å². The zero-order valence-corrected chi connectivity index (χ0v) is 21.6. The summed E-state index contributed by atoms with van der Waals surface area (Å²) >= 11 is 5.83. The van der Waals surface area contributed by atoms with Crippen LogP contribution in [0.2, 0.25) is 5.02 Å². The molecule has 6 nitrogen and oxygen atoms in total. The number of carbonyl (C=O) groups excluding carboxylic acids is 1. The number of ketones is 1. The fourth-order valence-corrected chi connectivity index (χ4v) is 5.33. The van der Waals surface area contributed by atoms with Gasteiger partial charge in [0.15, 0.2) is 12.0 Å². The van der Waals surface area contributed by atoms with Crippen LogP contribution in [0.1, 0.15) is 71.6 Å². The molecule has 10 heteroatoms. The maximum atomic E-state index is 14.8. The number of carboxylic acids is 1. The monoisotopic (exact) mass is 561 g/mol. The van der Waals surface area contributed by atoms with Crippen LogP contribution in [0.4, 0.5) is 13.2 Å². The van der Waals surface area contributed by atoms with Gasteiger partial charge in [-0.15, -0.1) is 0 Å². The smallest absolute Gasteiger partial charge is 0.335 e. The Labute approximate surface area is 228 Å². The van der Waals surface area contributed by atoms with Crippen LogP contribution < -0.4 is 4.73 Å². The molecule has 0 amide bonds. The minimum Gasteiger partial charge on any atom is -0.618 e. The SMILES string of the molecule is O=C(O)c1ccc(CC(=O)C(CC2CCC(O)CC2)c2ccc(-c3c(C(F)F)ccc(Cl)c3F)c[n+]2[O-])cc1. The highest BCUT2D eigenvalue weighted by atomic mass is 35.5. The molecule has 0 saturated heterocycles. The van der Waals surface area contributed by atoms with Crippen molar-refractivity contribution in [3.05, 3.63) is 93.2 Å². The van der Waals surface area contributed by atoms with Gasteiger partial charge in [-0.25, -0.2) is 18.0 Å². The highest BCUT2D eigenvalue weighted by molar-refractivity contribution is 6.31. The van der Waals surface area contributed by atoms with E-state index in [4.69, 9.17) is 16.7 Å². The number of alkyl halides is 2. The third-order valence-electron chi connectivity index (χ3n) is 7.31. The third-order valence-corrected chi connectivity index (χ3v) is 7.60. The van der Waals surface area contributed by atoms with Gasteiger partial charge in [-0.2, -0.15) is 4.73 Å². The van der Waals surface area contributed by atoms with Crippen molar-refractivity contribution < 1.29 is 37.7 Å². The number of hydrogen-bond donors (Lipinski definition) is 2. The average Bonchev–Trinajstić information content (AvgIpc) is 2.90. The molecule has 39 heavy (non-hydrogen) atoms. The van der Waals surface area contributed by atoms with Crippen LogP contribution in [-0.2, 0) is 11.2 Å². The number of aromatic carboxylic acids is 1. The standard InChI is InChI=1S/C29H27ClF3NO5/c30-23-11-10-21(28(32)33)26(27(23)31)19-7-12-24(34(39)15-19)22(13-16-3-8-20(35)9-4-16)25(36)14-17-1-5-18(6-2-17)29(37)38/h1-2,5-7,10-12,15-16,20,22,28,35H,3-4,8-9,13-14H2,(H,37,38). The minimum atomic E-state index is -3.00. The summed E-state index contributed by atoms with van der Waals surface area (Å²) in [5, 5.41) is 31.8. The number of carbonyl (C=O) groups is 2. The number of aromatic nitrogens is 1. The summed E-state index contributed by atoms with van der Waals surface area (Å²) in [5.74, 6) is -3.21. The molecule has 1 aromatic heterocycles. The van der Waals surface area contributed by atoms with Gasteiger partial charge in [-0.1, -0.05) is 29.8 Å². The Kier molecular flexibility index (Phi) is 8.92. The lowest BCUT2D eigenvalue weighted by molar-refractivity contribution is -0.614. The largest absolute Gasteiger partial charge is 0.618 e. The Bertz CT molecular complexity index is 1360. The third kappa shape index (κ3) is 6.59. The highest BCUT2D eigenvalue weighted by Crippen LogP contribution is 2.37. The van der Waals surface area contributed by atoms with E-state index in [1.165, 1.54) is 36.4 Å². The second-order valence-electron chi connectivity index (χ2n) is 9.90. The minimum absolute atomic E-state index is 0.0554. The van der Waals surface area contributed by atoms with E-state index in [1.807, 2.05) is 0 Å². The first kappa shape index (κ1) is 28.6. The number of hydrogen-bond acceptors (Lipinski definition) is 4. The Morgan fingerprint density at radius 2 is 1.69 bits per heavy atom. The second-order valence-corrected chi connectivity index (χ2v) is 10.3. The van der Waals surface area contributed by atoms with Crippen LogP contribution in [-0.4, -0.2) is 28.1 Å². The fourth-order valence-electron chi connectivity index (χ4n) is 5.17. The highest BCUT2D eigenvalue weighted by Gasteiger charge is 2.33. The number of pyridine rings is 1. The summed E-state index contributed by atoms with van der Waals surface area (Å²) in [5.41, 5.74) is -0.434. The van der Waals surface area contributed by atoms with Gasteiger partial charge in [0.2, 0.25) is 5.69 Å². The van der Waals surface area contributed by atoms with Crippen molar-refractivity contribution in [1.82, 2.24) is 0 Å². The first-order valence-electron chi connectivity index (χ1n) is 12.6. The molecule has 1 heterocycles. The zero-order valence-electron chi connectivity index (χ0n) is 20.8. The quantitative estimate of drug-likeness (QED) is 0.237. The molecular formula is C29H27ClF3NO5. The summed E-state index contributed by atoms with van der Waals surface area (Å²) < 4.78 is 42.4. The average molecular weight is 562 g/mol. The number of nitrogens with zero attached hydrogens (tertiary/aromatic N) is 1. The molecule has 0 spiro atoms. The Hall–Kier alpha value is -3.43. The molecule has 1 fully saturated rings. The van der Waals surface area contributed by atoms with E-state index in [-0.39, 0.29) is 40.0 Å². The number of halogens is 4. The zero-order chi connectivity index (χ0) is 28.3. The Balaban J connectivity index is 1.68. The Morgan fingerprint density at radius 1 is 1.03 bits per heavy atom. The number of carboxylic acid groups (broad SMARTS) is 1. The number of rotatable bonds is 9. The summed E-state index contributed by atoms with van der Waals surface area (Å²) in [6, 6.07) is 10.6. The van der Waals surface area contributed by atoms with Gasteiger partial charge in [0.1, 0.15) is 11.7 Å². The van der Waals surface area contributed by atoms with E-state index in [0.29, 0.717) is 42.4 Å². The fraction of sp³-hybridized carbons (Fsp3) is 0.345. The number of aliphatic hydroxyl groups excluding tert-OH is 1. The van der Waals surface area contributed by atoms with Crippen LogP contribution in [0.5, 0.6) is 0 Å². The molecular weight excluding hydrogens is 535 g/mol. The summed E-state index contributed by atoms with van der Waals surface area (Å²) in [7, 11) is 0. The van der Waals surface area contributed by atoms with Crippen LogP contribution in [0.15, 0.2) is 54.7 Å². The van der Waals surface area contributed by atoms with Crippen LogP contribution >= 0.6 is 11.6 Å². The molecule has 1 atom stereocenters. The molecule has 1 aliphatic rings. The first-order valence-corrected chi connectivity index (χ1v) is 13.0. The summed E-state index contributed by atoms with van der Waals surface area (Å²) in [6.45, 7) is 0. The van der Waals surface area contributed by atoms with Crippen molar-refractivity contribution in [1.29, 1.82) is 0 Å².